The van der Waals surface area contributed by atoms with Gasteiger partial charge in [0.1, 0.15) is 6.04 Å². The van der Waals surface area contributed by atoms with Crippen LogP contribution >= 0.6 is 11.6 Å². The second-order valence-electron chi connectivity index (χ2n) is 2.63. The van der Waals surface area contributed by atoms with Crippen molar-refractivity contribution in [3.63, 3.8) is 0 Å². The lowest BCUT2D eigenvalue weighted by Gasteiger charge is -2.13. The van der Waals surface area contributed by atoms with E-state index in [1.807, 2.05) is 0 Å². The van der Waals surface area contributed by atoms with Crippen LogP contribution in [0.25, 0.3) is 0 Å². The summed E-state index contributed by atoms with van der Waals surface area (Å²) < 4.78 is 4.80. The van der Waals surface area contributed by atoms with Crippen LogP contribution in [0.5, 0.6) is 0 Å². The maximum absolute atomic E-state index is 11.0. The third-order valence-corrected chi connectivity index (χ3v) is 1.14. The zero-order valence-corrected chi connectivity index (χ0v) is 8.01. The molecule has 0 radical (unpaired) electrons. The normalized spacial score (nSPS) is 12.4. The van der Waals surface area contributed by atoms with Crippen LogP contribution in [0.4, 0.5) is 4.79 Å². The van der Waals surface area contributed by atoms with Gasteiger partial charge in [0.05, 0.1) is 6.10 Å². The van der Waals surface area contributed by atoms with Crippen LogP contribution in [0.15, 0.2) is 0 Å². The molecule has 0 aromatic heterocycles. The number of hydrogen-bond donors (Lipinski definition) is 1. The Morgan fingerprint density at radius 3 is 2.17 bits per heavy atom. The van der Waals surface area contributed by atoms with E-state index in [0.29, 0.717) is 0 Å². The van der Waals surface area contributed by atoms with Gasteiger partial charge in [-0.05, 0) is 32.4 Å². The predicted molar refractivity (Wildman–Crippen MR) is 45.1 cm³/mol. The Kier molecular flexibility index (Phi) is 4.66. The van der Waals surface area contributed by atoms with Crippen molar-refractivity contribution in [1.29, 1.82) is 0 Å². The smallest absolute Gasteiger partial charge is 0.328 e. The number of esters is 1. The molecule has 0 fully saturated rings. The highest BCUT2D eigenvalue weighted by molar-refractivity contribution is 6.63. The first-order chi connectivity index (χ1) is 5.43. The molecule has 0 unspecified atom stereocenters. The molecular weight excluding hydrogens is 182 g/mol. The van der Waals surface area contributed by atoms with Gasteiger partial charge in [0.15, 0.2) is 0 Å². The maximum Gasteiger partial charge on any atom is 0.328 e. The van der Waals surface area contributed by atoms with E-state index in [1.165, 1.54) is 6.92 Å². The molecule has 0 bridgehead atoms. The van der Waals surface area contributed by atoms with Crippen LogP contribution in [0.3, 0.4) is 0 Å². The summed E-state index contributed by atoms with van der Waals surface area (Å²) in [7, 11) is 0. The van der Waals surface area contributed by atoms with E-state index in [-0.39, 0.29) is 6.10 Å². The van der Waals surface area contributed by atoms with E-state index in [2.05, 4.69) is 5.32 Å². The predicted octanol–water partition coefficient (Wildman–Crippen LogP) is 1.27. The number of rotatable bonds is 3. The summed E-state index contributed by atoms with van der Waals surface area (Å²) in [6, 6.07) is -0.697. The van der Waals surface area contributed by atoms with E-state index >= 15 is 0 Å². The van der Waals surface area contributed by atoms with Gasteiger partial charge in [0.25, 0.3) is 0 Å². The number of carbonyl (C=O) groups is 2. The SMILES string of the molecule is CC(C)OC(=O)[C@H](C)NC(=O)Cl. The molecule has 0 aliphatic carbocycles. The molecule has 0 saturated carbocycles. The van der Waals surface area contributed by atoms with E-state index in [1.54, 1.807) is 13.8 Å². The van der Waals surface area contributed by atoms with Gasteiger partial charge in [-0.3, -0.25) is 4.79 Å². The summed E-state index contributed by atoms with van der Waals surface area (Å²) in [6.45, 7) is 4.96. The van der Waals surface area contributed by atoms with Crippen molar-refractivity contribution in [1.82, 2.24) is 5.32 Å². The van der Waals surface area contributed by atoms with Gasteiger partial charge >= 0.3 is 11.3 Å². The van der Waals surface area contributed by atoms with E-state index in [0.717, 1.165) is 0 Å². The summed E-state index contributed by atoms with van der Waals surface area (Å²) >= 11 is 5.00. The first-order valence-electron chi connectivity index (χ1n) is 3.60. The van der Waals surface area contributed by atoms with Crippen LogP contribution in [-0.2, 0) is 9.53 Å². The van der Waals surface area contributed by atoms with Crippen LogP contribution in [0.2, 0.25) is 0 Å². The van der Waals surface area contributed by atoms with Gasteiger partial charge in [-0.2, -0.15) is 0 Å². The Hall–Kier alpha value is -0.770. The van der Waals surface area contributed by atoms with Crippen LogP contribution in [0.1, 0.15) is 20.8 Å². The van der Waals surface area contributed by atoms with Crippen molar-refractivity contribution in [2.45, 2.75) is 32.9 Å². The summed E-state index contributed by atoms with van der Waals surface area (Å²) in [5, 5.41) is 1.44. The van der Waals surface area contributed by atoms with Crippen molar-refractivity contribution >= 4 is 22.9 Å². The highest BCUT2D eigenvalue weighted by Gasteiger charge is 2.16. The van der Waals surface area contributed by atoms with Crippen molar-refractivity contribution in [3.05, 3.63) is 0 Å². The Morgan fingerprint density at radius 1 is 1.33 bits per heavy atom. The van der Waals surface area contributed by atoms with Gasteiger partial charge in [-0.1, -0.05) is 0 Å². The average Bonchev–Trinajstić information content (AvgIpc) is 1.84. The van der Waals surface area contributed by atoms with Crippen molar-refractivity contribution in [3.8, 4) is 0 Å². The fourth-order valence-corrected chi connectivity index (χ4v) is 0.727. The number of ether oxygens (including phenoxy) is 1. The third kappa shape index (κ3) is 4.96. The lowest BCUT2D eigenvalue weighted by Crippen LogP contribution is -2.37. The van der Waals surface area contributed by atoms with Gasteiger partial charge in [0, 0.05) is 0 Å². The fourth-order valence-electron chi connectivity index (χ4n) is 0.564. The number of halogens is 1. The molecule has 1 N–H and O–H groups in total. The van der Waals surface area contributed by atoms with Gasteiger partial charge in [-0.25, -0.2) is 4.79 Å². The molecule has 4 nitrogen and oxygen atoms in total. The Bertz CT molecular complexity index is 181. The standard InChI is InChI=1S/C7H12ClNO3/c1-4(2)12-6(10)5(3)9-7(8)11/h4-5H,1-3H3,(H,9,11)/t5-/m0/s1. The Balaban J connectivity index is 3.85. The molecule has 1 atom stereocenters. The molecule has 0 aliphatic heterocycles. The highest BCUT2D eigenvalue weighted by Crippen LogP contribution is 1.94. The first-order valence-corrected chi connectivity index (χ1v) is 3.97. The van der Waals surface area contributed by atoms with Crippen LogP contribution in [0, 0.1) is 0 Å². The number of carbonyl (C=O) groups excluding carboxylic acids is 2. The van der Waals surface area contributed by atoms with Crippen molar-refractivity contribution in [2.75, 3.05) is 0 Å². The van der Waals surface area contributed by atoms with Crippen molar-refractivity contribution in [2.24, 2.45) is 0 Å². The summed E-state index contributed by atoms with van der Waals surface area (Å²) in [4.78, 5) is 21.3. The zero-order valence-electron chi connectivity index (χ0n) is 7.26. The lowest BCUT2D eigenvalue weighted by atomic mass is 10.3. The third-order valence-electron chi connectivity index (χ3n) is 1.04. The molecule has 12 heavy (non-hydrogen) atoms. The molecule has 0 rings (SSSR count). The van der Waals surface area contributed by atoms with Gasteiger partial charge < -0.3 is 10.1 Å². The quantitative estimate of drug-likeness (QED) is 0.417. The van der Waals surface area contributed by atoms with E-state index < -0.39 is 17.4 Å². The topological polar surface area (TPSA) is 55.4 Å². The first kappa shape index (κ1) is 11.2. The number of nitrogens with one attached hydrogen (secondary N) is 1. The maximum atomic E-state index is 11.0. The molecule has 70 valence electrons. The fraction of sp³-hybridized carbons (Fsp3) is 0.714. The molecule has 0 aliphatic rings. The van der Waals surface area contributed by atoms with Crippen LogP contribution in [-0.4, -0.2) is 23.5 Å². The molecule has 0 aromatic rings. The zero-order chi connectivity index (χ0) is 9.72. The molecule has 1 amide bonds. The van der Waals surface area contributed by atoms with Crippen LogP contribution < -0.4 is 5.32 Å². The number of hydrogen-bond acceptors (Lipinski definition) is 3. The van der Waals surface area contributed by atoms with Gasteiger partial charge in [-0.15, -0.1) is 0 Å². The molecule has 5 heteroatoms. The second kappa shape index (κ2) is 4.98. The molecule has 0 aromatic carbocycles. The minimum Gasteiger partial charge on any atom is -0.461 e. The van der Waals surface area contributed by atoms with E-state index in [9.17, 15) is 9.59 Å². The monoisotopic (exact) mass is 193 g/mol. The Labute approximate surface area is 76.2 Å². The molecule has 0 heterocycles. The molecule has 0 saturated heterocycles. The second-order valence-corrected chi connectivity index (χ2v) is 2.97. The minimum atomic E-state index is -0.761. The summed E-state index contributed by atoms with van der Waals surface area (Å²) in [6.07, 6.45) is -0.188. The molecule has 0 spiro atoms. The highest BCUT2D eigenvalue weighted by atomic mass is 35.5. The largest absolute Gasteiger partial charge is 0.461 e. The van der Waals surface area contributed by atoms with E-state index in [4.69, 9.17) is 16.3 Å². The summed E-state index contributed by atoms with van der Waals surface area (Å²) in [5.41, 5.74) is 0. The lowest BCUT2D eigenvalue weighted by molar-refractivity contribution is -0.149. The van der Waals surface area contributed by atoms with Crippen molar-refractivity contribution < 1.29 is 14.3 Å². The minimum absolute atomic E-state index is 0.188. The molecular formula is C7H12ClNO3. The Morgan fingerprint density at radius 2 is 1.83 bits per heavy atom. The average molecular weight is 194 g/mol. The summed E-state index contributed by atoms with van der Waals surface area (Å²) in [5.74, 6) is -0.487. The van der Waals surface area contributed by atoms with Gasteiger partial charge in [0.2, 0.25) is 0 Å². The number of amides is 1.